The molecule has 34 heavy (non-hydrogen) atoms. The van der Waals surface area contributed by atoms with Gasteiger partial charge in [-0.05, 0) is 45.8 Å². The summed E-state index contributed by atoms with van der Waals surface area (Å²) in [4.78, 5) is 35.6. The monoisotopic (exact) mass is 478 g/mol. The van der Waals surface area contributed by atoms with Crippen LogP contribution in [0, 0.1) is 17.3 Å². The zero-order chi connectivity index (χ0) is 24.9. The second kappa shape index (κ2) is 11.3. The smallest absolute Gasteiger partial charge is 0.311 e. The first-order valence-electron chi connectivity index (χ1n) is 11.7. The van der Waals surface area contributed by atoms with Crippen LogP contribution in [0.5, 0.6) is 0 Å². The standard InChI is InChI=1S/C25H34O9/c1-15(26)31-22-20(34-19-10-7-13-29-21(19)23(22)32-16(2)27)9-6-8-17-11-12-18(14-30-17)33-24(28)25(3,4)5/h11-12,17-23H,7,9-10,13-14H2,1-5H3/t17-,18-,19-,20+,21-,22+,23+/m0/s1. The van der Waals surface area contributed by atoms with Crippen LogP contribution in [-0.4, -0.2) is 73.8 Å². The molecule has 2 fully saturated rings. The van der Waals surface area contributed by atoms with Crippen molar-refractivity contribution in [2.75, 3.05) is 13.2 Å². The summed E-state index contributed by atoms with van der Waals surface area (Å²) >= 11 is 0. The Kier molecular flexibility index (Phi) is 8.74. The third-order valence-corrected chi connectivity index (χ3v) is 5.64. The van der Waals surface area contributed by atoms with Crippen molar-refractivity contribution in [3.05, 3.63) is 12.2 Å². The average molecular weight is 479 g/mol. The van der Waals surface area contributed by atoms with Gasteiger partial charge in [-0.3, -0.25) is 14.4 Å². The summed E-state index contributed by atoms with van der Waals surface area (Å²) in [5.41, 5.74) is -0.588. The minimum Gasteiger partial charge on any atom is -0.456 e. The first kappa shape index (κ1) is 26.2. The maximum atomic E-state index is 12.0. The number of rotatable bonds is 4. The first-order chi connectivity index (χ1) is 16.0. The highest BCUT2D eigenvalue weighted by Crippen LogP contribution is 2.34. The highest BCUT2D eigenvalue weighted by atomic mass is 16.6. The van der Waals surface area contributed by atoms with Crippen molar-refractivity contribution in [3.63, 3.8) is 0 Å². The van der Waals surface area contributed by atoms with Crippen LogP contribution in [0.3, 0.4) is 0 Å². The topological polar surface area (TPSA) is 107 Å². The van der Waals surface area contributed by atoms with Crippen LogP contribution in [0.1, 0.15) is 53.9 Å². The number of hydrogen-bond acceptors (Lipinski definition) is 9. The third-order valence-electron chi connectivity index (χ3n) is 5.64. The summed E-state index contributed by atoms with van der Waals surface area (Å²) in [7, 11) is 0. The Hall–Kier alpha value is -2.41. The van der Waals surface area contributed by atoms with Crippen molar-refractivity contribution in [2.45, 2.75) is 96.6 Å². The van der Waals surface area contributed by atoms with Gasteiger partial charge in [0.25, 0.3) is 0 Å². The largest absolute Gasteiger partial charge is 0.456 e. The maximum Gasteiger partial charge on any atom is 0.311 e. The third kappa shape index (κ3) is 7.05. The molecule has 7 atom stereocenters. The average Bonchev–Trinajstić information content (AvgIpc) is 2.75. The van der Waals surface area contributed by atoms with E-state index in [4.69, 9.17) is 28.4 Å². The van der Waals surface area contributed by atoms with E-state index < -0.39 is 54.0 Å². The van der Waals surface area contributed by atoms with E-state index >= 15 is 0 Å². The molecule has 0 amide bonds. The molecule has 0 unspecified atom stereocenters. The van der Waals surface area contributed by atoms with Gasteiger partial charge in [-0.1, -0.05) is 11.8 Å². The Morgan fingerprint density at radius 2 is 1.71 bits per heavy atom. The van der Waals surface area contributed by atoms with Gasteiger partial charge in [-0.2, -0.15) is 0 Å². The van der Waals surface area contributed by atoms with Crippen LogP contribution in [-0.2, 0) is 42.8 Å². The van der Waals surface area contributed by atoms with E-state index in [2.05, 4.69) is 11.8 Å². The number of ether oxygens (including phenoxy) is 6. The second-order valence-corrected chi connectivity index (χ2v) is 9.70. The van der Waals surface area contributed by atoms with Crippen LogP contribution in [0.4, 0.5) is 0 Å². The number of fused-ring (bicyclic) bond motifs is 1. The van der Waals surface area contributed by atoms with Crippen molar-refractivity contribution in [1.82, 2.24) is 0 Å². The number of carbonyl (C=O) groups is 3. The van der Waals surface area contributed by atoms with Gasteiger partial charge in [0, 0.05) is 26.9 Å². The molecule has 188 valence electrons. The van der Waals surface area contributed by atoms with Crippen LogP contribution >= 0.6 is 0 Å². The molecule has 0 aliphatic carbocycles. The van der Waals surface area contributed by atoms with Gasteiger partial charge < -0.3 is 28.4 Å². The Morgan fingerprint density at radius 3 is 2.32 bits per heavy atom. The molecule has 0 N–H and O–H groups in total. The quantitative estimate of drug-likeness (QED) is 0.260. The molecular weight excluding hydrogens is 444 g/mol. The number of esters is 3. The number of carbonyl (C=O) groups excluding carboxylic acids is 3. The van der Waals surface area contributed by atoms with Crippen LogP contribution in [0.25, 0.3) is 0 Å². The van der Waals surface area contributed by atoms with Gasteiger partial charge >= 0.3 is 17.9 Å². The summed E-state index contributed by atoms with van der Waals surface area (Å²) in [5, 5.41) is 0. The van der Waals surface area contributed by atoms with Crippen molar-refractivity contribution in [2.24, 2.45) is 5.41 Å². The highest BCUT2D eigenvalue weighted by molar-refractivity contribution is 5.75. The molecule has 3 heterocycles. The fraction of sp³-hybridized carbons (Fsp3) is 0.720. The lowest BCUT2D eigenvalue weighted by atomic mass is 9.89. The zero-order valence-corrected chi connectivity index (χ0v) is 20.4. The first-order valence-corrected chi connectivity index (χ1v) is 11.7. The molecule has 0 saturated carbocycles. The van der Waals surface area contributed by atoms with Crippen molar-refractivity contribution >= 4 is 17.9 Å². The highest BCUT2D eigenvalue weighted by Gasteiger charge is 2.51. The fourth-order valence-electron chi connectivity index (χ4n) is 4.02. The van der Waals surface area contributed by atoms with Crippen LogP contribution < -0.4 is 0 Å². The van der Waals surface area contributed by atoms with Crippen LogP contribution in [0.2, 0.25) is 0 Å². The van der Waals surface area contributed by atoms with Gasteiger partial charge in [0.1, 0.15) is 24.4 Å². The Labute approximate surface area is 200 Å². The summed E-state index contributed by atoms with van der Waals surface area (Å²) in [5.74, 6) is 4.77. The normalized spacial score (nSPS) is 33.0. The molecule has 0 bridgehead atoms. The lowest BCUT2D eigenvalue weighted by molar-refractivity contribution is -0.259. The van der Waals surface area contributed by atoms with Crippen molar-refractivity contribution in [1.29, 1.82) is 0 Å². The molecule has 0 aromatic carbocycles. The van der Waals surface area contributed by atoms with Gasteiger partial charge in [0.15, 0.2) is 12.2 Å². The van der Waals surface area contributed by atoms with Gasteiger partial charge in [-0.25, -0.2) is 0 Å². The van der Waals surface area contributed by atoms with E-state index in [0.29, 0.717) is 6.61 Å². The lowest BCUT2D eigenvalue weighted by Gasteiger charge is -2.46. The molecule has 3 rings (SSSR count). The molecule has 3 aliphatic heterocycles. The van der Waals surface area contributed by atoms with E-state index in [9.17, 15) is 14.4 Å². The molecule has 3 aliphatic rings. The molecular formula is C25H34O9. The molecule has 9 nitrogen and oxygen atoms in total. The second-order valence-electron chi connectivity index (χ2n) is 9.70. The van der Waals surface area contributed by atoms with E-state index in [1.807, 2.05) is 0 Å². The SMILES string of the molecule is CC(=O)O[C@@H]1[C@H]2OCCC[C@@H]2O[C@H](CC#C[C@H]2C=C[C@H](OC(=O)C(C)(C)C)CO2)[C@H]1OC(C)=O. The molecule has 9 heteroatoms. The maximum absolute atomic E-state index is 12.0. The minimum absolute atomic E-state index is 0.212. The van der Waals surface area contributed by atoms with Crippen molar-refractivity contribution in [3.8, 4) is 11.8 Å². The Bertz CT molecular complexity index is 847. The fourth-order valence-corrected chi connectivity index (χ4v) is 4.02. The van der Waals surface area contributed by atoms with Gasteiger partial charge in [-0.15, -0.1) is 0 Å². The summed E-state index contributed by atoms with van der Waals surface area (Å²) in [6.45, 7) is 8.72. The van der Waals surface area contributed by atoms with Crippen LogP contribution in [0.15, 0.2) is 12.2 Å². The van der Waals surface area contributed by atoms with Gasteiger partial charge in [0.2, 0.25) is 0 Å². The van der Waals surface area contributed by atoms with E-state index in [-0.39, 0.29) is 25.1 Å². The molecule has 0 radical (unpaired) electrons. The van der Waals surface area contributed by atoms with E-state index in [0.717, 1.165) is 12.8 Å². The van der Waals surface area contributed by atoms with Crippen molar-refractivity contribution < 1.29 is 42.8 Å². The molecule has 2 saturated heterocycles. The molecule has 0 aromatic rings. The summed E-state index contributed by atoms with van der Waals surface area (Å²) in [6, 6.07) is 0. The predicted molar refractivity (Wildman–Crippen MR) is 119 cm³/mol. The Morgan fingerprint density at radius 1 is 1.00 bits per heavy atom. The Balaban J connectivity index is 1.66. The minimum atomic E-state index is -0.834. The molecule has 0 spiro atoms. The van der Waals surface area contributed by atoms with E-state index in [1.54, 1.807) is 32.9 Å². The van der Waals surface area contributed by atoms with Gasteiger partial charge in [0.05, 0.1) is 18.1 Å². The zero-order valence-electron chi connectivity index (χ0n) is 20.4. The summed E-state index contributed by atoms with van der Waals surface area (Å²) in [6.07, 6.45) is 1.46. The number of hydrogen-bond donors (Lipinski definition) is 0. The lowest BCUT2D eigenvalue weighted by Crippen LogP contribution is -2.61. The summed E-state index contributed by atoms with van der Waals surface area (Å²) < 4.78 is 34.1. The molecule has 0 aromatic heterocycles. The predicted octanol–water partition coefficient (Wildman–Crippen LogP) is 2.10. The van der Waals surface area contributed by atoms with E-state index in [1.165, 1.54) is 13.8 Å².